The molecule has 0 radical (unpaired) electrons. The number of aromatic nitrogens is 1. The lowest BCUT2D eigenvalue weighted by Gasteiger charge is -2.40. The van der Waals surface area contributed by atoms with Crippen LogP contribution in [0.15, 0.2) is 24.3 Å². The van der Waals surface area contributed by atoms with E-state index in [1.54, 1.807) is 16.4 Å². The van der Waals surface area contributed by atoms with Gasteiger partial charge in [-0.1, -0.05) is 25.0 Å². The maximum atomic E-state index is 13.3. The monoisotopic (exact) mass is 508 g/mol. The van der Waals surface area contributed by atoms with Crippen molar-refractivity contribution in [3.8, 4) is 0 Å². The predicted molar refractivity (Wildman–Crippen MR) is 140 cm³/mol. The second-order valence-corrected chi connectivity index (χ2v) is 12.7. The van der Waals surface area contributed by atoms with Gasteiger partial charge in [0.25, 0.3) is 0 Å². The van der Waals surface area contributed by atoms with Gasteiger partial charge in [0.15, 0.2) is 0 Å². The van der Waals surface area contributed by atoms with E-state index >= 15 is 0 Å². The van der Waals surface area contributed by atoms with E-state index < -0.39 is 6.10 Å². The Morgan fingerprint density at radius 1 is 0.917 bits per heavy atom. The summed E-state index contributed by atoms with van der Waals surface area (Å²) in [5, 5.41) is 11.6. The summed E-state index contributed by atoms with van der Waals surface area (Å²) in [5.41, 5.74) is 0. The van der Waals surface area contributed by atoms with Crippen LogP contribution >= 0.6 is 11.5 Å². The lowest BCUT2D eigenvalue weighted by Crippen LogP contribution is -2.49. The molecule has 6 unspecified atom stereocenters. The van der Waals surface area contributed by atoms with E-state index in [9.17, 15) is 14.7 Å². The Morgan fingerprint density at radius 2 is 1.64 bits per heavy atom. The first-order chi connectivity index (χ1) is 17.6. The van der Waals surface area contributed by atoms with Crippen molar-refractivity contribution in [3.63, 3.8) is 0 Å². The van der Waals surface area contributed by atoms with Gasteiger partial charge in [0, 0.05) is 44.7 Å². The largest absolute Gasteiger partial charge is 0.393 e. The van der Waals surface area contributed by atoms with Gasteiger partial charge in [-0.2, -0.15) is 4.37 Å². The Kier molecular flexibility index (Phi) is 5.82. The zero-order chi connectivity index (χ0) is 24.4. The number of piperazine rings is 1. The normalized spacial score (nSPS) is 36.9. The standard InChI is InChI=1S/C28H36N4O3S/c33-22-14-19-13-21(22)25-24(19)27(34)32(28(25)35)16-18-6-2-1-5-17(18)15-30-9-11-31(12-10-30)26-20-7-3-4-8-23(20)36-29-26/h3-4,7-8,17-19,21-22,24-25,33H,1-2,5-6,9-16H2/t17?,18-,19?,21?,22?,24?,25?/m0/s1. The molecule has 7 atom stereocenters. The minimum Gasteiger partial charge on any atom is -0.393 e. The highest BCUT2D eigenvalue weighted by molar-refractivity contribution is 7.13. The van der Waals surface area contributed by atoms with Gasteiger partial charge in [0.1, 0.15) is 5.82 Å². The Bertz CT molecular complexity index is 1160. The number of benzene rings is 1. The van der Waals surface area contributed by atoms with E-state index in [-0.39, 0.29) is 35.5 Å². The van der Waals surface area contributed by atoms with Gasteiger partial charge in [-0.25, -0.2) is 0 Å². The van der Waals surface area contributed by atoms with Crippen LogP contribution in [0.1, 0.15) is 38.5 Å². The molecule has 5 fully saturated rings. The lowest BCUT2D eigenvalue weighted by molar-refractivity contribution is -0.142. The summed E-state index contributed by atoms with van der Waals surface area (Å²) in [4.78, 5) is 33.3. The van der Waals surface area contributed by atoms with Crippen LogP contribution in [0.2, 0.25) is 0 Å². The van der Waals surface area contributed by atoms with E-state index in [4.69, 9.17) is 4.37 Å². The number of likely N-dealkylation sites (tertiary alicyclic amines) is 1. The predicted octanol–water partition coefficient (Wildman–Crippen LogP) is 3.23. The molecule has 36 heavy (non-hydrogen) atoms. The summed E-state index contributed by atoms with van der Waals surface area (Å²) in [5.74, 6) is 1.97. The zero-order valence-electron chi connectivity index (χ0n) is 20.8. The first-order valence-electron chi connectivity index (χ1n) is 13.9. The Balaban J connectivity index is 0.988. The molecule has 0 spiro atoms. The molecule has 2 saturated heterocycles. The van der Waals surface area contributed by atoms with Crippen molar-refractivity contribution in [2.75, 3.05) is 44.2 Å². The molecular formula is C28H36N4O3S. The van der Waals surface area contributed by atoms with Crippen LogP contribution in [-0.4, -0.2) is 76.5 Å². The molecule has 192 valence electrons. The number of anilines is 1. The summed E-state index contributed by atoms with van der Waals surface area (Å²) < 4.78 is 6.00. The van der Waals surface area contributed by atoms with Gasteiger partial charge in [0.05, 0.1) is 22.6 Å². The smallest absolute Gasteiger partial charge is 0.233 e. The number of carbonyl (C=O) groups excluding carboxylic acids is 2. The fourth-order valence-electron chi connectivity index (χ4n) is 8.24. The number of amides is 2. The van der Waals surface area contributed by atoms with Crippen molar-refractivity contribution in [1.29, 1.82) is 0 Å². The highest BCUT2D eigenvalue weighted by Crippen LogP contribution is 2.56. The number of imide groups is 1. The van der Waals surface area contributed by atoms with Crippen LogP contribution in [0, 0.1) is 35.5 Å². The van der Waals surface area contributed by atoms with Gasteiger partial charge in [-0.15, -0.1) is 0 Å². The second-order valence-electron chi connectivity index (χ2n) is 11.9. The Morgan fingerprint density at radius 3 is 2.44 bits per heavy atom. The number of carbonyl (C=O) groups is 2. The van der Waals surface area contributed by atoms with Gasteiger partial charge in [-0.05, 0) is 73.0 Å². The van der Waals surface area contributed by atoms with E-state index in [0.717, 1.165) is 51.4 Å². The number of aliphatic hydroxyl groups excluding tert-OH is 1. The van der Waals surface area contributed by atoms with Crippen LogP contribution in [0.25, 0.3) is 10.1 Å². The van der Waals surface area contributed by atoms with E-state index in [0.29, 0.717) is 24.8 Å². The fraction of sp³-hybridized carbons (Fsp3) is 0.679. The van der Waals surface area contributed by atoms with Crippen LogP contribution < -0.4 is 4.90 Å². The molecule has 5 aliphatic rings. The minimum atomic E-state index is -0.392. The number of hydrogen-bond acceptors (Lipinski definition) is 7. The van der Waals surface area contributed by atoms with Crippen LogP contribution in [-0.2, 0) is 9.59 Å². The van der Waals surface area contributed by atoms with Crippen LogP contribution in [0.5, 0.6) is 0 Å². The van der Waals surface area contributed by atoms with Crippen molar-refractivity contribution in [2.24, 2.45) is 35.5 Å². The first-order valence-corrected chi connectivity index (χ1v) is 14.7. The van der Waals surface area contributed by atoms with Gasteiger partial charge in [0.2, 0.25) is 11.8 Å². The summed E-state index contributed by atoms with van der Waals surface area (Å²) in [6, 6.07) is 8.49. The maximum absolute atomic E-state index is 13.3. The van der Waals surface area contributed by atoms with E-state index in [1.165, 1.54) is 29.3 Å². The molecule has 2 bridgehead atoms. The van der Waals surface area contributed by atoms with E-state index in [1.807, 2.05) is 0 Å². The topological polar surface area (TPSA) is 77.0 Å². The number of nitrogens with zero attached hydrogens (tertiary/aromatic N) is 4. The second kappa shape index (κ2) is 9.07. The van der Waals surface area contributed by atoms with Crippen LogP contribution in [0.3, 0.4) is 0 Å². The number of hydrogen-bond donors (Lipinski definition) is 1. The number of aliphatic hydroxyl groups is 1. The third-order valence-corrected chi connectivity index (χ3v) is 10.9. The average molecular weight is 509 g/mol. The number of rotatable bonds is 5. The molecule has 2 aromatic rings. The summed E-state index contributed by atoms with van der Waals surface area (Å²) >= 11 is 1.58. The quantitative estimate of drug-likeness (QED) is 0.625. The van der Waals surface area contributed by atoms with Crippen molar-refractivity contribution < 1.29 is 14.7 Å². The van der Waals surface area contributed by atoms with Gasteiger partial charge >= 0.3 is 0 Å². The molecule has 1 aromatic carbocycles. The van der Waals surface area contributed by atoms with Crippen molar-refractivity contribution in [2.45, 2.75) is 44.6 Å². The molecule has 1 N–H and O–H groups in total. The van der Waals surface area contributed by atoms with Crippen LogP contribution in [0.4, 0.5) is 5.82 Å². The summed E-state index contributed by atoms with van der Waals surface area (Å²) in [7, 11) is 0. The molecule has 7 rings (SSSR count). The third-order valence-electron chi connectivity index (χ3n) is 10.1. The zero-order valence-corrected chi connectivity index (χ0v) is 21.6. The highest BCUT2D eigenvalue weighted by Gasteiger charge is 2.63. The SMILES string of the molecule is O=C1C2C3CC(O)C(C3)C2C(=O)N1C[C@@H]1CCCCC1CN1CCN(c2nsc3ccccc23)CC1. The summed E-state index contributed by atoms with van der Waals surface area (Å²) in [6.07, 6.45) is 5.90. The lowest BCUT2D eigenvalue weighted by atomic mass is 9.78. The molecule has 2 amide bonds. The minimum absolute atomic E-state index is 0.00901. The Hall–Kier alpha value is -2.03. The Labute approximate surface area is 216 Å². The fourth-order valence-corrected chi connectivity index (χ4v) is 9.04. The molecule has 8 heteroatoms. The molecule has 3 saturated carbocycles. The first kappa shape index (κ1) is 23.1. The van der Waals surface area contributed by atoms with Gasteiger partial charge in [-0.3, -0.25) is 19.4 Å². The average Bonchev–Trinajstić information content (AvgIpc) is 3.64. The number of fused-ring (bicyclic) bond motifs is 6. The molecule has 1 aromatic heterocycles. The molecule has 2 aliphatic heterocycles. The molecule has 3 heterocycles. The molecule has 7 nitrogen and oxygen atoms in total. The van der Waals surface area contributed by atoms with Crippen molar-refractivity contribution in [3.05, 3.63) is 24.3 Å². The molecule has 3 aliphatic carbocycles. The molecular weight excluding hydrogens is 472 g/mol. The highest BCUT2D eigenvalue weighted by atomic mass is 32.1. The summed E-state index contributed by atoms with van der Waals surface area (Å²) in [6.45, 7) is 5.69. The van der Waals surface area contributed by atoms with E-state index in [2.05, 4.69) is 34.1 Å². The van der Waals surface area contributed by atoms with Crippen molar-refractivity contribution in [1.82, 2.24) is 14.2 Å². The maximum Gasteiger partial charge on any atom is 0.233 e. The van der Waals surface area contributed by atoms with Crippen molar-refractivity contribution >= 4 is 39.3 Å². The third kappa shape index (κ3) is 3.71. The van der Waals surface area contributed by atoms with Gasteiger partial charge < -0.3 is 10.0 Å².